The molecule has 0 amide bonds. The van der Waals surface area contributed by atoms with Crippen LogP contribution in [0, 0.1) is 0 Å². The number of rotatable bonds is 6. The van der Waals surface area contributed by atoms with Gasteiger partial charge >= 0.3 is 0 Å². The van der Waals surface area contributed by atoms with Gasteiger partial charge in [0, 0.05) is 25.0 Å². The highest BCUT2D eigenvalue weighted by molar-refractivity contribution is 7.92. The number of aryl methyl sites for hydroxylation is 1. The van der Waals surface area contributed by atoms with Gasteiger partial charge in [-0.05, 0) is 12.5 Å². The third-order valence-electron chi connectivity index (χ3n) is 3.31. The minimum Gasteiger partial charge on any atom is -0.272 e. The Morgan fingerprint density at radius 1 is 1.13 bits per heavy atom. The van der Waals surface area contributed by atoms with E-state index in [1.165, 1.54) is 12.4 Å². The molecule has 0 unspecified atom stereocenters. The monoisotopic (exact) mass is 331 g/mol. The molecule has 120 valence electrons. The zero-order valence-corrected chi connectivity index (χ0v) is 13.4. The van der Waals surface area contributed by atoms with Crippen molar-refractivity contribution in [2.24, 2.45) is 0 Å². The largest absolute Gasteiger partial charge is 0.272 e. The first kappa shape index (κ1) is 15.3. The van der Waals surface area contributed by atoms with Crippen LogP contribution in [0.1, 0.15) is 12.5 Å². The molecule has 0 fully saturated rings. The van der Waals surface area contributed by atoms with Gasteiger partial charge in [0.2, 0.25) is 0 Å². The van der Waals surface area contributed by atoms with Crippen LogP contribution >= 0.6 is 0 Å². The summed E-state index contributed by atoms with van der Waals surface area (Å²) in [5.74, 6) is 0.283. The van der Waals surface area contributed by atoms with Gasteiger partial charge in [0.1, 0.15) is 4.90 Å². The van der Waals surface area contributed by atoms with Gasteiger partial charge in [0.25, 0.3) is 10.0 Å². The van der Waals surface area contributed by atoms with Crippen molar-refractivity contribution in [1.82, 2.24) is 19.6 Å². The van der Waals surface area contributed by atoms with Crippen LogP contribution in [0.5, 0.6) is 0 Å². The number of anilines is 1. The SMILES string of the molecule is CCn1cc(S(=O)(=O)Nc2ccn(Cc3ccccc3)n2)cn1. The molecule has 0 spiro atoms. The second-order valence-corrected chi connectivity index (χ2v) is 6.70. The number of benzene rings is 1. The van der Waals surface area contributed by atoms with E-state index >= 15 is 0 Å². The van der Waals surface area contributed by atoms with Gasteiger partial charge in [0.05, 0.1) is 12.7 Å². The molecule has 0 saturated carbocycles. The van der Waals surface area contributed by atoms with Gasteiger partial charge in [-0.1, -0.05) is 30.3 Å². The summed E-state index contributed by atoms with van der Waals surface area (Å²) in [4.78, 5) is 0.122. The van der Waals surface area contributed by atoms with Crippen LogP contribution in [0.3, 0.4) is 0 Å². The predicted octanol–water partition coefficient (Wildman–Crippen LogP) is 1.95. The van der Waals surface area contributed by atoms with E-state index in [1.54, 1.807) is 21.6 Å². The summed E-state index contributed by atoms with van der Waals surface area (Å²) in [6.07, 6.45) is 4.55. The second-order valence-electron chi connectivity index (χ2n) is 5.02. The van der Waals surface area contributed by atoms with Crippen molar-refractivity contribution in [3.63, 3.8) is 0 Å². The molecule has 3 rings (SSSR count). The van der Waals surface area contributed by atoms with Crippen molar-refractivity contribution in [1.29, 1.82) is 0 Å². The molecule has 0 radical (unpaired) electrons. The number of aromatic nitrogens is 4. The Kier molecular flexibility index (Phi) is 4.16. The van der Waals surface area contributed by atoms with Gasteiger partial charge in [-0.15, -0.1) is 0 Å². The van der Waals surface area contributed by atoms with Gasteiger partial charge in [-0.25, -0.2) is 8.42 Å². The summed E-state index contributed by atoms with van der Waals surface area (Å²) in [5, 5.41) is 8.22. The first-order valence-electron chi connectivity index (χ1n) is 7.19. The molecule has 3 aromatic rings. The normalized spacial score (nSPS) is 11.5. The molecule has 0 saturated heterocycles. The summed E-state index contributed by atoms with van der Waals surface area (Å²) in [6.45, 7) is 3.08. The third-order valence-corrected chi connectivity index (χ3v) is 4.62. The Morgan fingerprint density at radius 2 is 1.91 bits per heavy atom. The molecular weight excluding hydrogens is 314 g/mol. The van der Waals surface area contributed by atoms with Gasteiger partial charge in [-0.3, -0.25) is 14.1 Å². The lowest BCUT2D eigenvalue weighted by Gasteiger charge is -2.03. The smallest absolute Gasteiger partial charge is 0.266 e. The Labute approximate surface area is 134 Å². The standard InChI is InChI=1S/C15H17N5O2S/c1-2-19-12-14(10-16-19)23(21,22)18-15-8-9-20(17-15)11-13-6-4-3-5-7-13/h3-10,12H,2,11H2,1H3,(H,17,18). The minimum atomic E-state index is -3.67. The summed E-state index contributed by atoms with van der Waals surface area (Å²) in [7, 11) is -3.67. The predicted molar refractivity (Wildman–Crippen MR) is 86.5 cm³/mol. The Hall–Kier alpha value is -2.61. The number of nitrogens with one attached hydrogen (secondary N) is 1. The number of sulfonamides is 1. The molecule has 23 heavy (non-hydrogen) atoms. The molecule has 0 atom stereocenters. The second kappa shape index (κ2) is 6.25. The quantitative estimate of drug-likeness (QED) is 0.748. The molecule has 0 aliphatic rings. The molecule has 8 heteroatoms. The summed E-state index contributed by atoms with van der Waals surface area (Å²) >= 11 is 0. The van der Waals surface area contributed by atoms with E-state index < -0.39 is 10.0 Å². The molecule has 1 aromatic carbocycles. The lowest BCUT2D eigenvalue weighted by molar-refractivity contribution is 0.600. The number of nitrogens with zero attached hydrogens (tertiary/aromatic N) is 4. The van der Waals surface area contributed by atoms with E-state index in [0.29, 0.717) is 13.1 Å². The van der Waals surface area contributed by atoms with Gasteiger partial charge in [0.15, 0.2) is 5.82 Å². The number of hydrogen-bond acceptors (Lipinski definition) is 4. The van der Waals surface area contributed by atoms with E-state index in [-0.39, 0.29) is 10.7 Å². The minimum absolute atomic E-state index is 0.122. The fourth-order valence-electron chi connectivity index (χ4n) is 2.13. The highest BCUT2D eigenvalue weighted by atomic mass is 32.2. The zero-order chi connectivity index (χ0) is 16.3. The molecule has 0 aliphatic heterocycles. The van der Waals surface area contributed by atoms with Crippen LogP contribution in [0.15, 0.2) is 59.9 Å². The van der Waals surface area contributed by atoms with Crippen LogP contribution < -0.4 is 4.72 Å². The third kappa shape index (κ3) is 3.59. The highest BCUT2D eigenvalue weighted by Crippen LogP contribution is 2.14. The zero-order valence-electron chi connectivity index (χ0n) is 12.6. The van der Waals surface area contributed by atoms with Crippen LogP contribution in [-0.2, 0) is 23.1 Å². The Bertz CT molecular complexity index is 884. The molecule has 0 aliphatic carbocycles. The maximum atomic E-state index is 12.3. The first-order valence-corrected chi connectivity index (χ1v) is 8.68. The van der Waals surface area contributed by atoms with Crippen molar-refractivity contribution in [2.45, 2.75) is 24.9 Å². The van der Waals surface area contributed by atoms with Crippen molar-refractivity contribution < 1.29 is 8.42 Å². The fourth-order valence-corrected chi connectivity index (χ4v) is 3.08. The van der Waals surface area contributed by atoms with Crippen LogP contribution in [0.4, 0.5) is 5.82 Å². The Morgan fingerprint density at radius 3 is 2.61 bits per heavy atom. The maximum Gasteiger partial charge on any atom is 0.266 e. The van der Waals surface area contributed by atoms with Crippen molar-refractivity contribution >= 4 is 15.8 Å². The highest BCUT2D eigenvalue weighted by Gasteiger charge is 2.17. The molecule has 1 N–H and O–H groups in total. The van der Waals surface area contributed by atoms with Gasteiger partial charge in [-0.2, -0.15) is 10.2 Å². The fraction of sp³-hybridized carbons (Fsp3) is 0.200. The maximum absolute atomic E-state index is 12.3. The van der Waals surface area contributed by atoms with Crippen molar-refractivity contribution in [3.05, 3.63) is 60.6 Å². The van der Waals surface area contributed by atoms with Crippen LogP contribution in [0.2, 0.25) is 0 Å². The molecular formula is C15H17N5O2S. The lowest BCUT2D eigenvalue weighted by Crippen LogP contribution is -2.13. The Balaban J connectivity index is 1.73. The molecule has 2 heterocycles. The van der Waals surface area contributed by atoms with Crippen LogP contribution in [0.25, 0.3) is 0 Å². The van der Waals surface area contributed by atoms with E-state index in [1.807, 2.05) is 37.3 Å². The molecule has 7 nitrogen and oxygen atoms in total. The molecule has 0 bridgehead atoms. The van der Waals surface area contributed by atoms with E-state index in [4.69, 9.17) is 0 Å². The van der Waals surface area contributed by atoms with Crippen LogP contribution in [-0.4, -0.2) is 28.0 Å². The first-order chi connectivity index (χ1) is 11.1. The lowest BCUT2D eigenvalue weighted by atomic mass is 10.2. The topological polar surface area (TPSA) is 81.8 Å². The number of hydrogen-bond donors (Lipinski definition) is 1. The average molecular weight is 331 g/mol. The van der Waals surface area contributed by atoms with Gasteiger partial charge < -0.3 is 0 Å². The van der Waals surface area contributed by atoms with Crippen molar-refractivity contribution in [2.75, 3.05) is 4.72 Å². The summed E-state index contributed by atoms with van der Waals surface area (Å²) in [5.41, 5.74) is 1.09. The van der Waals surface area contributed by atoms with E-state index in [0.717, 1.165) is 5.56 Å². The average Bonchev–Trinajstić information content (AvgIpc) is 3.17. The summed E-state index contributed by atoms with van der Waals surface area (Å²) < 4.78 is 30.3. The van der Waals surface area contributed by atoms with E-state index in [2.05, 4.69) is 14.9 Å². The summed E-state index contributed by atoms with van der Waals surface area (Å²) in [6, 6.07) is 11.5. The van der Waals surface area contributed by atoms with E-state index in [9.17, 15) is 8.42 Å². The molecule has 2 aromatic heterocycles. The van der Waals surface area contributed by atoms with Crippen molar-refractivity contribution in [3.8, 4) is 0 Å².